The number of halogens is 6. The smallest absolute Gasteiger partial charge is 0.350 e. The van der Waals surface area contributed by atoms with Gasteiger partial charge in [-0.25, -0.2) is 41.3 Å². The van der Waals surface area contributed by atoms with Crippen molar-refractivity contribution in [3.63, 3.8) is 0 Å². The highest BCUT2D eigenvalue weighted by molar-refractivity contribution is 5.38. The molecule has 39 heavy (non-hydrogen) atoms. The van der Waals surface area contributed by atoms with Crippen molar-refractivity contribution in [1.29, 1.82) is 0 Å². The third-order valence-corrected chi connectivity index (χ3v) is 6.13. The second-order valence-corrected chi connectivity index (χ2v) is 8.77. The number of aryl methyl sites for hydroxylation is 1. The molecule has 9 nitrogen and oxygen atoms in total. The van der Waals surface area contributed by atoms with Gasteiger partial charge in [0.2, 0.25) is 0 Å². The number of ether oxygens (including phenoxy) is 1. The molecule has 0 aliphatic heterocycles. The van der Waals surface area contributed by atoms with Gasteiger partial charge in [-0.15, -0.1) is 0 Å². The predicted molar refractivity (Wildman–Crippen MR) is 124 cm³/mol. The summed E-state index contributed by atoms with van der Waals surface area (Å²) in [7, 11) is 0. The maximum Gasteiger partial charge on any atom is 0.350 e. The normalized spacial score (nSPS) is 14.4. The van der Waals surface area contributed by atoms with Crippen LogP contribution < -0.4 is 10.4 Å². The molecule has 208 valence electrons. The molecule has 0 unspecified atom stereocenters. The van der Waals surface area contributed by atoms with E-state index in [1.54, 1.807) is 0 Å². The molecule has 2 heterocycles. The van der Waals surface area contributed by atoms with Crippen molar-refractivity contribution >= 4 is 0 Å². The van der Waals surface area contributed by atoms with Crippen molar-refractivity contribution in [3.8, 4) is 11.4 Å². The first-order valence-corrected chi connectivity index (χ1v) is 11.4. The molecule has 0 aliphatic carbocycles. The van der Waals surface area contributed by atoms with Crippen LogP contribution >= 0.6 is 0 Å². The van der Waals surface area contributed by atoms with Gasteiger partial charge >= 0.3 is 18.0 Å². The quantitative estimate of drug-likeness (QED) is 0.300. The van der Waals surface area contributed by atoms with Gasteiger partial charge in [0.25, 0.3) is 0 Å². The van der Waals surface area contributed by atoms with Gasteiger partial charge in [0.1, 0.15) is 41.5 Å². The van der Waals surface area contributed by atoms with Gasteiger partial charge in [0.15, 0.2) is 6.61 Å². The number of alkyl halides is 4. The molecule has 0 bridgehead atoms. The molecule has 2 aromatic carbocycles. The Labute approximate surface area is 216 Å². The summed E-state index contributed by atoms with van der Waals surface area (Å²) in [5, 5.41) is 19.9. The van der Waals surface area contributed by atoms with Crippen molar-refractivity contribution in [1.82, 2.24) is 29.1 Å². The van der Waals surface area contributed by atoms with Gasteiger partial charge in [0, 0.05) is 11.6 Å². The fourth-order valence-electron chi connectivity index (χ4n) is 4.01. The topological polar surface area (TPSA) is 100.0 Å². The largest absolute Gasteiger partial charge is 0.487 e. The van der Waals surface area contributed by atoms with Crippen LogP contribution in [0.4, 0.5) is 26.3 Å². The summed E-state index contributed by atoms with van der Waals surface area (Å²) in [5.41, 5.74) is -3.00. The zero-order valence-electron chi connectivity index (χ0n) is 20.5. The monoisotopic (exact) mass is 556 g/mol. The Bertz CT molecular complexity index is 1490. The molecule has 0 amide bonds. The van der Waals surface area contributed by atoms with E-state index >= 15 is 0 Å². The molecule has 2 atom stereocenters. The Kier molecular flexibility index (Phi) is 7.54. The lowest BCUT2D eigenvalue weighted by Crippen LogP contribution is -2.44. The zero-order chi connectivity index (χ0) is 28.5. The van der Waals surface area contributed by atoms with Crippen LogP contribution in [0.5, 0.6) is 5.75 Å². The Hall–Kier alpha value is -4.14. The number of nitrogens with zero attached hydrogens (tertiary/aromatic N) is 6. The Morgan fingerprint density at radius 2 is 1.79 bits per heavy atom. The van der Waals surface area contributed by atoms with Crippen molar-refractivity contribution in [3.05, 3.63) is 88.6 Å². The van der Waals surface area contributed by atoms with Crippen molar-refractivity contribution in [2.75, 3.05) is 6.61 Å². The van der Waals surface area contributed by atoms with E-state index in [1.807, 2.05) is 0 Å². The molecule has 0 saturated carbocycles. The maximum absolute atomic E-state index is 14.9. The van der Waals surface area contributed by atoms with Gasteiger partial charge in [-0.3, -0.25) is 0 Å². The van der Waals surface area contributed by atoms with Gasteiger partial charge in [-0.05, 0) is 44.2 Å². The minimum Gasteiger partial charge on any atom is -0.487 e. The van der Waals surface area contributed by atoms with E-state index in [9.17, 15) is 36.2 Å². The molecule has 0 fully saturated rings. The Morgan fingerprint density at radius 1 is 1.10 bits per heavy atom. The van der Waals surface area contributed by atoms with Crippen LogP contribution in [-0.4, -0.2) is 53.2 Å². The molecular weight excluding hydrogens is 534 g/mol. The lowest BCUT2D eigenvalue weighted by atomic mass is 9.86. The molecule has 4 rings (SSSR count). The third kappa shape index (κ3) is 5.53. The highest BCUT2D eigenvalue weighted by Crippen LogP contribution is 2.36. The van der Waals surface area contributed by atoms with Crippen molar-refractivity contribution in [2.45, 2.75) is 44.4 Å². The number of aromatic nitrogens is 6. The van der Waals surface area contributed by atoms with E-state index in [2.05, 4.69) is 15.2 Å². The Balaban J connectivity index is 1.68. The third-order valence-electron chi connectivity index (χ3n) is 6.13. The summed E-state index contributed by atoms with van der Waals surface area (Å²) < 4.78 is 87.5. The average Bonchev–Trinajstić information content (AvgIpc) is 3.49. The van der Waals surface area contributed by atoms with Crippen LogP contribution in [0.2, 0.25) is 0 Å². The van der Waals surface area contributed by atoms with Crippen molar-refractivity contribution in [2.24, 2.45) is 0 Å². The fraction of sp³-hybridized carbons (Fsp3) is 0.333. The predicted octanol–water partition coefficient (Wildman–Crippen LogP) is 3.64. The highest BCUT2D eigenvalue weighted by Gasteiger charge is 2.43. The van der Waals surface area contributed by atoms with Crippen LogP contribution in [-0.2, 0) is 12.1 Å². The lowest BCUT2D eigenvalue weighted by Gasteiger charge is -2.34. The minimum absolute atomic E-state index is 0.139. The second-order valence-electron chi connectivity index (χ2n) is 8.77. The van der Waals surface area contributed by atoms with Crippen LogP contribution in [0.25, 0.3) is 5.69 Å². The Morgan fingerprint density at radius 3 is 2.38 bits per heavy atom. The summed E-state index contributed by atoms with van der Waals surface area (Å²) in [6, 6.07) is 6.45. The molecule has 0 aliphatic rings. The van der Waals surface area contributed by atoms with Gasteiger partial charge in [-0.2, -0.15) is 19.0 Å². The number of aliphatic hydroxyl groups is 1. The standard InChI is InChI=1S/C24H22F6N6O3/c1-14(23(38,10-34-13-31-12-32-34)19-8-3-16(25)9-20(19)26)36-22(37)35(15(2)33-36)17-4-6-18(7-5-17)39-11-24(29,30)21(27)28/h3-9,12-14,21,38H,10-11H2,1-2H3/t14-,23-/m1/s1. The number of benzene rings is 2. The molecule has 15 heteroatoms. The molecule has 1 N–H and O–H groups in total. The van der Waals surface area contributed by atoms with E-state index < -0.39 is 47.9 Å². The van der Waals surface area contributed by atoms with Crippen molar-refractivity contribution < 1.29 is 36.2 Å². The summed E-state index contributed by atoms with van der Waals surface area (Å²) in [6.07, 6.45) is -1.43. The number of hydrogen-bond donors (Lipinski definition) is 1. The van der Waals surface area contributed by atoms with E-state index in [-0.39, 0.29) is 29.4 Å². The maximum atomic E-state index is 14.9. The molecular formula is C24H22F6N6O3. The summed E-state index contributed by atoms with van der Waals surface area (Å²) in [4.78, 5) is 17.2. The zero-order valence-corrected chi connectivity index (χ0v) is 20.5. The molecule has 0 saturated heterocycles. The van der Waals surface area contributed by atoms with E-state index in [4.69, 9.17) is 4.74 Å². The first-order valence-electron chi connectivity index (χ1n) is 11.4. The molecule has 4 aromatic rings. The second kappa shape index (κ2) is 10.6. The summed E-state index contributed by atoms with van der Waals surface area (Å²) in [6.45, 7) is 0.984. The van der Waals surface area contributed by atoms with Crippen LogP contribution in [0, 0.1) is 18.6 Å². The first kappa shape index (κ1) is 27.9. The number of rotatable bonds is 10. The summed E-state index contributed by atoms with van der Waals surface area (Å²) >= 11 is 0. The first-order chi connectivity index (χ1) is 18.3. The lowest BCUT2D eigenvalue weighted by molar-refractivity contribution is -0.148. The molecule has 0 radical (unpaired) electrons. The number of hydrogen-bond acceptors (Lipinski definition) is 6. The van der Waals surface area contributed by atoms with Crippen LogP contribution in [0.1, 0.15) is 24.4 Å². The average molecular weight is 556 g/mol. The summed E-state index contributed by atoms with van der Waals surface area (Å²) in [5.74, 6) is -6.25. The van der Waals surface area contributed by atoms with Gasteiger partial charge in [-0.1, -0.05) is 6.07 Å². The van der Waals surface area contributed by atoms with E-state index in [1.165, 1.54) is 55.4 Å². The van der Waals surface area contributed by atoms with Gasteiger partial charge in [0.05, 0.1) is 18.3 Å². The SMILES string of the molecule is Cc1nn([C@H](C)[C@](O)(Cn2cncn2)c2ccc(F)cc2F)c(=O)n1-c1ccc(OCC(F)(F)C(F)F)cc1. The van der Waals surface area contributed by atoms with Crippen LogP contribution in [0.15, 0.2) is 59.9 Å². The molecule has 2 aromatic heterocycles. The van der Waals surface area contributed by atoms with Gasteiger partial charge < -0.3 is 9.84 Å². The highest BCUT2D eigenvalue weighted by atomic mass is 19.3. The molecule has 0 spiro atoms. The van der Waals surface area contributed by atoms with E-state index in [0.717, 1.165) is 21.4 Å². The fourth-order valence-corrected chi connectivity index (χ4v) is 4.01. The van der Waals surface area contributed by atoms with E-state index in [0.29, 0.717) is 6.07 Å². The minimum atomic E-state index is -4.34. The van der Waals surface area contributed by atoms with Crippen LogP contribution in [0.3, 0.4) is 0 Å².